The summed E-state index contributed by atoms with van der Waals surface area (Å²) in [5.41, 5.74) is 15.1. The SMILES string of the molecule is [N-]=[N+]=NCC(N)CCc1ccccc1. The molecule has 0 bridgehead atoms. The highest BCUT2D eigenvalue weighted by molar-refractivity contribution is 5.14. The monoisotopic (exact) mass is 190 g/mol. The van der Waals surface area contributed by atoms with Crippen LogP contribution in [0.2, 0.25) is 0 Å². The molecule has 1 aromatic rings. The number of aryl methyl sites for hydroxylation is 1. The van der Waals surface area contributed by atoms with Gasteiger partial charge < -0.3 is 5.73 Å². The number of nitrogens with zero attached hydrogens (tertiary/aromatic N) is 3. The summed E-state index contributed by atoms with van der Waals surface area (Å²) in [7, 11) is 0. The molecule has 0 saturated heterocycles. The number of azide groups is 1. The molecule has 0 aliphatic rings. The molecular weight excluding hydrogens is 176 g/mol. The van der Waals surface area contributed by atoms with E-state index in [0.29, 0.717) is 6.54 Å². The van der Waals surface area contributed by atoms with E-state index in [-0.39, 0.29) is 6.04 Å². The summed E-state index contributed by atoms with van der Waals surface area (Å²) in [6.07, 6.45) is 1.78. The van der Waals surface area contributed by atoms with Crippen molar-refractivity contribution >= 4 is 0 Å². The van der Waals surface area contributed by atoms with E-state index in [2.05, 4.69) is 22.2 Å². The molecule has 0 heterocycles. The lowest BCUT2D eigenvalue weighted by Crippen LogP contribution is -2.23. The fourth-order valence-electron chi connectivity index (χ4n) is 1.23. The van der Waals surface area contributed by atoms with Crippen LogP contribution in [0.1, 0.15) is 12.0 Å². The Labute approximate surface area is 83.4 Å². The predicted molar refractivity (Wildman–Crippen MR) is 56.8 cm³/mol. The van der Waals surface area contributed by atoms with Crippen molar-refractivity contribution in [2.45, 2.75) is 18.9 Å². The third kappa shape index (κ3) is 3.94. The fraction of sp³-hybridized carbons (Fsp3) is 0.400. The van der Waals surface area contributed by atoms with Crippen molar-refractivity contribution < 1.29 is 0 Å². The van der Waals surface area contributed by atoms with Gasteiger partial charge in [0.15, 0.2) is 0 Å². The highest BCUT2D eigenvalue weighted by Crippen LogP contribution is 2.03. The minimum absolute atomic E-state index is 0.0360. The Bertz CT molecular complexity index is 303. The third-order valence-electron chi connectivity index (χ3n) is 2.03. The molecule has 1 unspecified atom stereocenters. The summed E-state index contributed by atoms with van der Waals surface area (Å²) >= 11 is 0. The second-order valence-corrected chi connectivity index (χ2v) is 3.20. The summed E-state index contributed by atoms with van der Waals surface area (Å²) < 4.78 is 0. The van der Waals surface area contributed by atoms with E-state index in [0.717, 1.165) is 12.8 Å². The topological polar surface area (TPSA) is 74.8 Å². The van der Waals surface area contributed by atoms with Gasteiger partial charge in [0.1, 0.15) is 0 Å². The molecule has 1 rings (SSSR count). The van der Waals surface area contributed by atoms with Gasteiger partial charge in [0.25, 0.3) is 0 Å². The van der Waals surface area contributed by atoms with Gasteiger partial charge in [0.2, 0.25) is 0 Å². The summed E-state index contributed by atoms with van der Waals surface area (Å²) in [4.78, 5) is 2.68. The fourth-order valence-corrected chi connectivity index (χ4v) is 1.23. The molecule has 4 heteroatoms. The Kier molecular flexibility index (Phi) is 4.55. The zero-order valence-electron chi connectivity index (χ0n) is 8.00. The number of hydrogen-bond acceptors (Lipinski definition) is 2. The highest BCUT2D eigenvalue weighted by Gasteiger charge is 2.00. The lowest BCUT2D eigenvalue weighted by Gasteiger charge is -2.07. The normalized spacial score (nSPS) is 11.8. The van der Waals surface area contributed by atoms with Gasteiger partial charge in [-0.1, -0.05) is 35.4 Å². The van der Waals surface area contributed by atoms with Crippen LogP contribution in [0.15, 0.2) is 35.4 Å². The standard InChI is InChI=1S/C10H14N4/c11-10(8-13-14-12)7-6-9-4-2-1-3-5-9/h1-5,10H,6-8,11H2. The molecule has 0 spiro atoms. The molecular formula is C10H14N4. The van der Waals surface area contributed by atoms with Crippen molar-refractivity contribution in [3.63, 3.8) is 0 Å². The number of nitrogens with two attached hydrogens (primary N) is 1. The summed E-state index contributed by atoms with van der Waals surface area (Å²) in [5.74, 6) is 0. The van der Waals surface area contributed by atoms with Gasteiger partial charge in [-0.3, -0.25) is 0 Å². The number of benzene rings is 1. The van der Waals surface area contributed by atoms with Crippen LogP contribution < -0.4 is 5.73 Å². The van der Waals surface area contributed by atoms with Crippen molar-refractivity contribution in [2.24, 2.45) is 10.8 Å². The van der Waals surface area contributed by atoms with Crippen molar-refractivity contribution in [3.05, 3.63) is 46.3 Å². The minimum Gasteiger partial charge on any atom is -0.328 e. The van der Waals surface area contributed by atoms with Crippen LogP contribution in [0.3, 0.4) is 0 Å². The maximum absolute atomic E-state index is 8.10. The Balaban J connectivity index is 2.30. The van der Waals surface area contributed by atoms with Gasteiger partial charge in [0, 0.05) is 17.5 Å². The molecule has 4 nitrogen and oxygen atoms in total. The Morgan fingerprint density at radius 2 is 2.07 bits per heavy atom. The minimum atomic E-state index is -0.0360. The van der Waals surface area contributed by atoms with Crippen LogP contribution in [0, 0.1) is 0 Å². The molecule has 1 aromatic carbocycles. The molecule has 0 amide bonds. The van der Waals surface area contributed by atoms with Gasteiger partial charge in [-0.2, -0.15) is 0 Å². The first kappa shape index (κ1) is 10.6. The van der Waals surface area contributed by atoms with E-state index in [1.165, 1.54) is 5.56 Å². The van der Waals surface area contributed by atoms with E-state index in [9.17, 15) is 0 Å². The first-order valence-corrected chi connectivity index (χ1v) is 4.63. The maximum atomic E-state index is 8.10. The van der Waals surface area contributed by atoms with Crippen molar-refractivity contribution in [1.29, 1.82) is 0 Å². The van der Waals surface area contributed by atoms with Crippen LogP contribution in [-0.2, 0) is 6.42 Å². The van der Waals surface area contributed by atoms with E-state index in [1.807, 2.05) is 18.2 Å². The first-order valence-electron chi connectivity index (χ1n) is 4.63. The van der Waals surface area contributed by atoms with Crippen molar-refractivity contribution in [2.75, 3.05) is 6.54 Å². The van der Waals surface area contributed by atoms with E-state index in [1.54, 1.807) is 0 Å². The van der Waals surface area contributed by atoms with E-state index >= 15 is 0 Å². The molecule has 74 valence electrons. The van der Waals surface area contributed by atoms with Crippen molar-refractivity contribution in [1.82, 2.24) is 0 Å². The summed E-state index contributed by atoms with van der Waals surface area (Å²) in [5, 5.41) is 3.44. The molecule has 0 aliphatic heterocycles. The summed E-state index contributed by atoms with van der Waals surface area (Å²) in [6, 6.07) is 10.1. The lowest BCUT2D eigenvalue weighted by molar-refractivity contribution is 0.621. The van der Waals surface area contributed by atoms with Crippen LogP contribution in [0.5, 0.6) is 0 Å². The molecule has 0 saturated carbocycles. The smallest absolute Gasteiger partial charge is 0.0409 e. The van der Waals surface area contributed by atoms with Gasteiger partial charge in [-0.05, 0) is 23.9 Å². The first-order chi connectivity index (χ1) is 6.83. The molecule has 14 heavy (non-hydrogen) atoms. The second kappa shape index (κ2) is 6.02. The zero-order chi connectivity index (χ0) is 10.2. The largest absolute Gasteiger partial charge is 0.328 e. The Hall–Kier alpha value is -1.51. The average Bonchev–Trinajstić information content (AvgIpc) is 2.25. The van der Waals surface area contributed by atoms with Crippen LogP contribution in [-0.4, -0.2) is 12.6 Å². The molecule has 0 radical (unpaired) electrons. The van der Waals surface area contributed by atoms with Crippen LogP contribution >= 0.6 is 0 Å². The second-order valence-electron chi connectivity index (χ2n) is 3.20. The van der Waals surface area contributed by atoms with Gasteiger partial charge in [-0.25, -0.2) is 0 Å². The van der Waals surface area contributed by atoms with Crippen LogP contribution in [0.4, 0.5) is 0 Å². The van der Waals surface area contributed by atoms with Crippen molar-refractivity contribution in [3.8, 4) is 0 Å². The molecule has 2 N–H and O–H groups in total. The van der Waals surface area contributed by atoms with Gasteiger partial charge >= 0.3 is 0 Å². The van der Waals surface area contributed by atoms with E-state index < -0.39 is 0 Å². The van der Waals surface area contributed by atoms with E-state index in [4.69, 9.17) is 11.3 Å². The highest BCUT2D eigenvalue weighted by atomic mass is 15.1. The lowest BCUT2D eigenvalue weighted by atomic mass is 10.1. The number of hydrogen-bond donors (Lipinski definition) is 1. The predicted octanol–water partition coefficient (Wildman–Crippen LogP) is 2.26. The zero-order valence-corrected chi connectivity index (χ0v) is 8.00. The molecule has 0 aromatic heterocycles. The third-order valence-corrected chi connectivity index (χ3v) is 2.03. The molecule has 0 fully saturated rings. The maximum Gasteiger partial charge on any atom is 0.0409 e. The Morgan fingerprint density at radius 3 is 2.71 bits per heavy atom. The van der Waals surface area contributed by atoms with Crippen LogP contribution in [0.25, 0.3) is 10.4 Å². The van der Waals surface area contributed by atoms with Gasteiger partial charge in [-0.15, -0.1) is 0 Å². The van der Waals surface area contributed by atoms with Gasteiger partial charge in [0.05, 0.1) is 0 Å². The average molecular weight is 190 g/mol. The summed E-state index contributed by atoms with van der Waals surface area (Å²) in [6.45, 7) is 0.378. The molecule has 0 aliphatic carbocycles. The quantitative estimate of drug-likeness (QED) is 0.431. The number of rotatable bonds is 5. The molecule has 1 atom stereocenters. The Morgan fingerprint density at radius 1 is 1.36 bits per heavy atom.